The number of nitrogens with one attached hydrogen (secondary N) is 1. The summed E-state index contributed by atoms with van der Waals surface area (Å²) in [6.45, 7) is 4.49. The smallest absolute Gasteiger partial charge is 0.251 e. The van der Waals surface area contributed by atoms with Gasteiger partial charge in [-0.2, -0.15) is 0 Å². The Morgan fingerprint density at radius 2 is 1.85 bits per heavy atom. The number of aromatic nitrogens is 3. The highest BCUT2D eigenvalue weighted by Gasteiger charge is 2.20. The molecular formula is C18H24N6O2. The molecular weight excluding hydrogens is 332 g/mol. The number of hydrogen-bond acceptors (Lipinski definition) is 7. The van der Waals surface area contributed by atoms with Crippen LogP contribution in [-0.4, -0.2) is 67.3 Å². The lowest BCUT2D eigenvalue weighted by atomic mass is 10.2. The Kier molecular flexibility index (Phi) is 6.32. The summed E-state index contributed by atoms with van der Waals surface area (Å²) in [5.74, 6) is 1.49. The molecule has 3 heterocycles. The Bertz CT molecular complexity index is 704. The Morgan fingerprint density at radius 3 is 2.58 bits per heavy atom. The van der Waals surface area contributed by atoms with Gasteiger partial charge in [0.1, 0.15) is 5.82 Å². The van der Waals surface area contributed by atoms with Crippen LogP contribution in [0.4, 0.5) is 11.8 Å². The van der Waals surface area contributed by atoms with E-state index >= 15 is 0 Å². The zero-order valence-electron chi connectivity index (χ0n) is 15.0. The maximum absolute atomic E-state index is 12.3. The molecule has 2 aromatic heterocycles. The van der Waals surface area contributed by atoms with Crippen molar-refractivity contribution < 1.29 is 9.53 Å². The number of carbonyl (C=O) groups excluding carboxylic acids is 1. The number of rotatable bonds is 7. The van der Waals surface area contributed by atoms with Gasteiger partial charge in [0.15, 0.2) is 0 Å². The van der Waals surface area contributed by atoms with Gasteiger partial charge in [-0.25, -0.2) is 15.0 Å². The molecule has 0 atom stereocenters. The van der Waals surface area contributed by atoms with E-state index in [1.165, 1.54) is 0 Å². The first-order valence-corrected chi connectivity index (χ1v) is 8.78. The average Bonchev–Trinajstić information content (AvgIpc) is 2.72. The summed E-state index contributed by atoms with van der Waals surface area (Å²) in [5, 5.41) is 2.90. The van der Waals surface area contributed by atoms with Crippen molar-refractivity contribution in [1.82, 2.24) is 20.3 Å². The molecule has 0 bridgehead atoms. The first-order chi connectivity index (χ1) is 12.8. The van der Waals surface area contributed by atoms with Gasteiger partial charge in [-0.3, -0.25) is 4.79 Å². The molecule has 0 spiro atoms. The van der Waals surface area contributed by atoms with Gasteiger partial charge in [-0.05, 0) is 24.6 Å². The Hall–Kier alpha value is -2.74. The van der Waals surface area contributed by atoms with Crippen LogP contribution in [0.2, 0.25) is 0 Å². The van der Waals surface area contributed by atoms with Gasteiger partial charge < -0.3 is 19.9 Å². The Morgan fingerprint density at radius 1 is 1.12 bits per heavy atom. The largest absolute Gasteiger partial charge is 0.385 e. The number of piperazine rings is 1. The SMILES string of the molecule is COCCCNC(=O)c1ccnc(N2CCN(c3ncccn3)CC2)c1. The molecule has 1 saturated heterocycles. The highest BCUT2D eigenvalue weighted by molar-refractivity contribution is 5.94. The summed E-state index contributed by atoms with van der Waals surface area (Å²) in [5.41, 5.74) is 0.626. The minimum absolute atomic E-state index is 0.0823. The van der Waals surface area contributed by atoms with Crippen LogP contribution in [0.25, 0.3) is 0 Å². The lowest BCUT2D eigenvalue weighted by molar-refractivity contribution is 0.0948. The van der Waals surface area contributed by atoms with E-state index in [2.05, 4.69) is 30.1 Å². The van der Waals surface area contributed by atoms with E-state index in [-0.39, 0.29) is 5.91 Å². The molecule has 1 aliphatic rings. The number of pyridine rings is 1. The molecule has 2 aromatic rings. The molecule has 1 fully saturated rings. The van der Waals surface area contributed by atoms with Crippen molar-refractivity contribution in [2.75, 3.05) is 56.2 Å². The molecule has 8 heteroatoms. The molecule has 1 N–H and O–H groups in total. The van der Waals surface area contributed by atoms with E-state index in [1.807, 2.05) is 12.1 Å². The van der Waals surface area contributed by atoms with Crippen LogP contribution in [0.3, 0.4) is 0 Å². The van der Waals surface area contributed by atoms with Crippen molar-refractivity contribution in [3.63, 3.8) is 0 Å². The quantitative estimate of drug-likeness (QED) is 0.740. The van der Waals surface area contributed by atoms with E-state index in [0.717, 1.165) is 44.4 Å². The molecule has 1 amide bonds. The maximum Gasteiger partial charge on any atom is 0.251 e. The Balaban J connectivity index is 1.56. The molecule has 0 aliphatic carbocycles. The molecule has 0 radical (unpaired) electrons. The molecule has 26 heavy (non-hydrogen) atoms. The summed E-state index contributed by atoms with van der Waals surface area (Å²) in [6, 6.07) is 5.40. The predicted molar refractivity (Wildman–Crippen MR) is 99.5 cm³/mol. The van der Waals surface area contributed by atoms with Crippen molar-refractivity contribution in [3.05, 3.63) is 42.4 Å². The van der Waals surface area contributed by atoms with E-state index in [4.69, 9.17) is 4.74 Å². The third-order valence-electron chi connectivity index (χ3n) is 4.26. The van der Waals surface area contributed by atoms with Gasteiger partial charge in [0.2, 0.25) is 5.95 Å². The third-order valence-corrected chi connectivity index (χ3v) is 4.26. The van der Waals surface area contributed by atoms with E-state index in [1.54, 1.807) is 31.8 Å². The van der Waals surface area contributed by atoms with Crippen LogP contribution < -0.4 is 15.1 Å². The van der Waals surface area contributed by atoms with Crippen LogP contribution in [0.1, 0.15) is 16.8 Å². The fourth-order valence-corrected chi connectivity index (χ4v) is 2.84. The lowest BCUT2D eigenvalue weighted by Crippen LogP contribution is -2.47. The summed E-state index contributed by atoms with van der Waals surface area (Å²) in [6.07, 6.45) is 5.99. The minimum atomic E-state index is -0.0823. The van der Waals surface area contributed by atoms with Gasteiger partial charge in [0.25, 0.3) is 5.91 Å². The topological polar surface area (TPSA) is 83.5 Å². The highest BCUT2D eigenvalue weighted by atomic mass is 16.5. The summed E-state index contributed by atoms with van der Waals surface area (Å²) in [7, 11) is 1.65. The van der Waals surface area contributed by atoms with E-state index < -0.39 is 0 Å². The number of amides is 1. The monoisotopic (exact) mass is 356 g/mol. The summed E-state index contributed by atoms with van der Waals surface area (Å²) >= 11 is 0. The van der Waals surface area contributed by atoms with Crippen molar-refractivity contribution in [3.8, 4) is 0 Å². The summed E-state index contributed by atoms with van der Waals surface area (Å²) in [4.78, 5) is 29.6. The lowest BCUT2D eigenvalue weighted by Gasteiger charge is -2.35. The van der Waals surface area contributed by atoms with Crippen LogP contribution >= 0.6 is 0 Å². The first kappa shape index (κ1) is 18.1. The fraction of sp³-hybridized carbons (Fsp3) is 0.444. The normalized spacial score (nSPS) is 14.3. The van der Waals surface area contributed by atoms with Crippen molar-refractivity contribution in [1.29, 1.82) is 0 Å². The fourth-order valence-electron chi connectivity index (χ4n) is 2.84. The van der Waals surface area contributed by atoms with Crippen LogP contribution in [0, 0.1) is 0 Å². The standard InChI is InChI=1S/C18H24N6O2/c1-26-13-3-7-20-17(25)15-4-8-19-16(14-15)23-9-11-24(12-10-23)18-21-5-2-6-22-18/h2,4-6,8,14H,3,7,9-13H2,1H3,(H,20,25). The first-order valence-electron chi connectivity index (χ1n) is 8.78. The zero-order valence-corrected chi connectivity index (χ0v) is 15.0. The van der Waals surface area contributed by atoms with Crippen molar-refractivity contribution in [2.24, 2.45) is 0 Å². The van der Waals surface area contributed by atoms with E-state index in [9.17, 15) is 4.79 Å². The van der Waals surface area contributed by atoms with E-state index in [0.29, 0.717) is 18.7 Å². The minimum Gasteiger partial charge on any atom is -0.385 e. The average molecular weight is 356 g/mol. The van der Waals surface area contributed by atoms with Crippen LogP contribution in [0.15, 0.2) is 36.8 Å². The van der Waals surface area contributed by atoms with Crippen LogP contribution in [0.5, 0.6) is 0 Å². The molecule has 8 nitrogen and oxygen atoms in total. The summed E-state index contributed by atoms with van der Waals surface area (Å²) < 4.78 is 4.99. The number of methoxy groups -OCH3 is 1. The predicted octanol–water partition coefficient (Wildman–Crippen LogP) is 0.964. The van der Waals surface area contributed by atoms with Gasteiger partial charge in [-0.15, -0.1) is 0 Å². The molecule has 3 rings (SSSR count). The maximum atomic E-state index is 12.3. The number of nitrogens with zero attached hydrogens (tertiary/aromatic N) is 5. The zero-order chi connectivity index (χ0) is 18.2. The van der Waals surface area contributed by atoms with Gasteiger partial charge in [-0.1, -0.05) is 0 Å². The second-order valence-corrected chi connectivity index (χ2v) is 6.03. The number of carbonyl (C=O) groups is 1. The third kappa shape index (κ3) is 4.66. The van der Waals surface area contributed by atoms with Crippen molar-refractivity contribution >= 4 is 17.7 Å². The van der Waals surface area contributed by atoms with Gasteiger partial charge in [0.05, 0.1) is 0 Å². The highest BCUT2D eigenvalue weighted by Crippen LogP contribution is 2.17. The number of ether oxygens (including phenoxy) is 1. The molecule has 0 unspecified atom stereocenters. The molecule has 0 aromatic carbocycles. The second-order valence-electron chi connectivity index (χ2n) is 6.03. The van der Waals surface area contributed by atoms with Gasteiger partial charge in [0, 0.05) is 70.6 Å². The van der Waals surface area contributed by atoms with Crippen molar-refractivity contribution in [2.45, 2.75) is 6.42 Å². The van der Waals surface area contributed by atoms with Crippen LogP contribution in [-0.2, 0) is 4.74 Å². The molecule has 138 valence electrons. The molecule has 1 aliphatic heterocycles. The number of hydrogen-bond donors (Lipinski definition) is 1. The van der Waals surface area contributed by atoms with Gasteiger partial charge >= 0.3 is 0 Å². The number of anilines is 2. The Labute approximate surface area is 153 Å². The molecule has 0 saturated carbocycles. The second kappa shape index (κ2) is 9.10.